The van der Waals surface area contributed by atoms with Crippen LogP contribution in [0.2, 0.25) is 0 Å². The van der Waals surface area contributed by atoms with Crippen molar-refractivity contribution in [1.82, 2.24) is 15.5 Å². The molecule has 2 aliphatic rings. The number of hydrogen-bond donors (Lipinski definition) is 2. The normalized spacial score (nSPS) is 29.7. The highest BCUT2D eigenvalue weighted by atomic mass is 16.1. The molecule has 2 saturated carbocycles. The van der Waals surface area contributed by atoms with Crippen LogP contribution in [0, 0.1) is 24.7 Å². The zero-order valence-electron chi connectivity index (χ0n) is 10.9. The average molecular weight is 247 g/mol. The summed E-state index contributed by atoms with van der Waals surface area (Å²) in [5.41, 5.74) is 1.95. The van der Waals surface area contributed by atoms with Gasteiger partial charge in [-0.15, -0.1) is 0 Å². The van der Waals surface area contributed by atoms with Crippen molar-refractivity contribution < 1.29 is 4.79 Å². The van der Waals surface area contributed by atoms with E-state index < -0.39 is 0 Å². The van der Waals surface area contributed by atoms with Crippen LogP contribution >= 0.6 is 0 Å². The molecule has 0 saturated heterocycles. The van der Waals surface area contributed by atoms with E-state index in [0.717, 1.165) is 23.2 Å². The first-order chi connectivity index (χ1) is 8.70. The molecule has 0 unspecified atom stereocenters. The fraction of sp³-hybridized carbons (Fsp3) is 0.714. The van der Waals surface area contributed by atoms with Crippen molar-refractivity contribution in [3.63, 3.8) is 0 Å². The molecule has 2 N–H and O–H groups in total. The van der Waals surface area contributed by atoms with Crippen molar-refractivity contribution in [2.75, 3.05) is 0 Å². The van der Waals surface area contributed by atoms with E-state index in [9.17, 15) is 4.79 Å². The fourth-order valence-electron chi connectivity index (χ4n) is 3.69. The van der Waals surface area contributed by atoms with Crippen LogP contribution in [0.15, 0.2) is 6.07 Å². The molecule has 2 aliphatic carbocycles. The number of aromatic nitrogens is 2. The summed E-state index contributed by atoms with van der Waals surface area (Å²) in [5.74, 6) is 2.58. The first-order valence-electron chi connectivity index (χ1n) is 6.98. The first kappa shape index (κ1) is 11.8. The smallest absolute Gasteiger partial charge is 0.220 e. The van der Waals surface area contributed by atoms with Crippen LogP contribution in [0.3, 0.4) is 0 Å². The molecule has 0 spiro atoms. The maximum atomic E-state index is 11.9. The number of hydrogen-bond acceptors (Lipinski definition) is 2. The number of nitrogens with one attached hydrogen (secondary N) is 2. The predicted octanol–water partition coefficient (Wildman–Crippen LogP) is 2.16. The zero-order chi connectivity index (χ0) is 12.5. The molecule has 4 nitrogen and oxygen atoms in total. The Hall–Kier alpha value is -1.32. The van der Waals surface area contributed by atoms with Crippen molar-refractivity contribution in [1.29, 1.82) is 0 Å². The van der Waals surface area contributed by atoms with E-state index in [0.29, 0.717) is 18.9 Å². The molecule has 1 aromatic rings. The SMILES string of the molecule is Cc1cc(CNC(=O)C[C@@H]2C[C@H]3CC[C@H]2C3)n[nH]1. The minimum absolute atomic E-state index is 0.188. The average Bonchev–Trinajstić information content (AvgIpc) is 3.03. The summed E-state index contributed by atoms with van der Waals surface area (Å²) in [6, 6.07) is 1.97. The molecule has 1 amide bonds. The van der Waals surface area contributed by atoms with Gasteiger partial charge in [0.25, 0.3) is 0 Å². The number of H-pyrrole nitrogens is 1. The van der Waals surface area contributed by atoms with E-state index in [-0.39, 0.29) is 5.91 Å². The monoisotopic (exact) mass is 247 g/mol. The second-order valence-electron chi connectivity index (χ2n) is 5.96. The lowest BCUT2D eigenvalue weighted by Gasteiger charge is -2.20. The molecule has 2 fully saturated rings. The summed E-state index contributed by atoms with van der Waals surface area (Å²) in [4.78, 5) is 11.9. The Morgan fingerprint density at radius 2 is 2.39 bits per heavy atom. The second kappa shape index (κ2) is 4.75. The summed E-state index contributed by atoms with van der Waals surface area (Å²) < 4.78 is 0. The summed E-state index contributed by atoms with van der Waals surface area (Å²) >= 11 is 0. The predicted molar refractivity (Wildman–Crippen MR) is 68.7 cm³/mol. The summed E-state index contributed by atoms with van der Waals surface area (Å²) in [7, 11) is 0. The highest BCUT2D eigenvalue weighted by Crippen LogP contribution is 2.49. The summed E-state index contributed by atoms with van der Waals surface area (Å²) in [6.07, 6.45) is 6.11. The van der Waals surface area contributed by atoms with Crippen LogP contribution in [0.5, 0.6) is 0 Å². The highest BCUT2D eigenvalue weighted by molar-refractivity contribution is 5.76. The first-order valence-corrected chi connectivity index (χ1v) is 6.98. The molecule has 0 aliphatic heterocycles. The molecule has 4 heteroatoms. The van der Waals surface area contributed by atoms with Gasteiger partial charge in [0.15, 0.2) is 0 Å². The van der Waals surface area contributed by atoms with Crippen molar-refractivity contribution >= 4 is 5.91 Å². The minimum Gasteiger partial charge on any atom is -0.350 e. The largest absolute Gasteiger partial charge is 0.350 e. The Bertz CT molecular complexity index is 440. The van der Waals surface area contributed by atoms with Gasteiger partial charge in [0, 0.05) is 12.1 Å². The van der Waals surface area contributed by atoms with Gasteiger partial charge < -0.3 is 5.32 Å². The Morgan fingerprint density at radius 3 is 3.00 bits per heavy atom. The maximum absolute atomic E-state index is 11.9. The minimum atomic E-state index is 0.188. The number of fused-ring (bicyclic) bond motifs is 2. The fourth-order valence-corrected chi connectivity index (χ4v) is 3.69. The lowest BCUT2D eigenvalue weighted by atomic mass is 9.86. The van der Waals surface area contributed by atoms with Gasteiger partial charge >= 0.3 is 0 Å². The van der Waals surface area contributed by atoms with E-state index in [2.05, 4.69) is 15.5 Å². The molecule has 0 aromatic carbocycles. The Morgan fingerprint density at radius 1 is 1.50 bits per heavy atom. The standard InChI is InChI=1S/C14H21N3O/c1-9-4-13(17-16-9)8-15-14(18)7-12-6-10-2-3-11(12)5-10/h4,10-12H,2-3,5-8H2,1H3,(H,15,18)(H,16,17)/t10-,11-,12-/m0/s1. The van der Waals surface area contributed by atoms with E-state index in [1.807, 2.05) is 13.0 Å². The number of rotatable bonds is 4. The van der Waals surface area contributed by atoms with Gasteiger partial charge in [-0.1, -0.05) is 6.42 Å². The van der Waals surface area contributed by atoms with Gasteiger partial charge in [-0.25, -0.2) is 0 Å². The van der Waals surface area contributed by atoms with Crippen LogP contribution in [-0.4, -0.2) is 16.1 Å². The van der Waals surface area contributed by atoms with Gasteiger partial charge in [0.2, 0.25) is 5.91 Å². The van der Waals surface area contributed by atoms with Gasteiger partial charge in [-0.05, 0) is 50.0 Å². The Balaban J connectivity index is 1.45. The molecular weight excluding hydrogens is 226 g/mol. The maximum Gasteiger partial charge on any atom is 0.220 e. The molecule has 3 atom stereocenters. The lowest BCUT2D eigenvalue weighted by Crippen LogP contribution is -2.27. The number of carbonyl (C=O) groups excluding carboxylic acids is 1. The van der Waals surface area contributed by atoms with Crippen LogP contribution in [0.25, 0.3) is 0 Å². The molecule has 1 heterocycles. The van der Waals surface area contributed by atoms with E-state index in [1.165, 1.54) is 25.7 Å². The molecule has 18 heavy (non-hydrogen) atoms. The number of aromatic amines is 1. The molecule has 98 valence electrons. The summed E-state index contributed by atoms with van der Waals surface area (Å²) in [6.45, 7) is 2.51. The molecule has 2 bridgehead atoms. The number of carbonyl (C=O) groups is 1. The Kier molecular flexibility index (Phi) is 3.10. The second-order valence-corrected chi connectivity index (χ2v) is 5.96. The van der Waals surface area contributed by atoms with Crippen molar-refractivity contribution in [2.45, 2.75) is 45.6 Å². The van der Waals surface area contributed by atoms with Crippen molar-refractivity contribution in [2.24, 2.45) is 17.8 Å². The molecule has 0 radical (unpaired) electrons. The molecule has 3 rings (SSSR count). The van der Waals surface area contributed by atoms with E-state index in [1.54, 1.807) is 0 Å². The van der Waals surface area contributed by atoms with Gasteiger partial charge in [0.05, 0.1) is 12.2 Å². The van der Waals surface area contributed by atoms with Crippen molar-refractivity contribution in [3.8, 4) is 0 Å². The zero-order valence-corrected chi connectivity index (χ0v) is 10.9. The number of nitrogens with zero attached hydrogens (tertiary/aromatic N) is 1. The van der Waals surface area contributed by atoms with Gasteiger partial charge in [-0.2, -0.15) is 5.10 Å². The van der Waals surface area contributed by atoms with Crippen molar-refractivity contribution in [3.05, 3.63) is 17.5 Å². The van der Waals surface area contributed by atoms with E-state index >= 15 is 0 Å². The van der Waals surface area contributed by atoms with Crippen LogP contribution in [0.1, 0.15) is 43.5 Å². The third-order valence-electron chi connectivity index (χ3n) is 4.56. The quantitative estimate of drug-likeness (QED) is 0.856. The van der Waals surface area contributed by atoms with Crippen LogP contribution < -0.4 is 5.32 Å². The third-order valence-corrected chi connectivity index (χ3v) is 4.56. The van der Waals surface area contributed by atoms with Gasteiger partial charge in [0.1, 0.15) is 0 Å². The topological polar surface area (TPSA) is 57.8 Å². The van der Waals surface area contributed by atoms with E-state index in [4.69, 9.17) is 0 Å². The lowest BCUT2D eigenvalue weighted by molar-refractivity contribution is -0.122. The molecule has 1 aromatic heterocycles. The number of aryl methyl sites for hydroxylation is 1. The molecular formula is C14H21N3O. The van der Waals surface area contributed by atoms with Crippen LogP contribution in [-0.2, 0) is 11.3 Å². The number of amides is 1. The van der Waals surface area contributed by atoms with Gasteiger partial charge in [-0.3, -0.25) is 9.89 Å². The third kappa shape index (κ3) is 2.42. The highest BCUT2D eigenvalue weighted by Gasteiger charge is 2.39. The summed E-state index contributed by atoms with van der Waals surface area (Å²) in [5, 5.41) is 9.98. The Labute approximate surface area is 108 Å². The van der Waals surface area contributed by atoms with Crippen LogP contribution in [0.4, 0.5) is 0 Å².